The molecule has 5 rings (SSSR count). The van der Waals surface area contributed by atoms with Crippen molar-refractivity contribution in [3.05, 3.63) is 98.2 Å². The van der Waals surface area contributed by atoms with Crippen molar-refractivity contribution in [2.45, 2.75) is 60.3 Å². The van der Waals surface area contributed by atoms with Crippen molar-refractivity contribution in [1.29, 1.82) is 0 Å². The number of benzene rings is 2. The standard InChI is InChI=1S/C32H35N5O2S/c1-19-10-12-25(13-11-19)34-30(38)29-27-8-6-7-9-28(27)40-31(29)37-22(4)17-24(23(37)5)18-33-36-32(39)35-26-15-20(2)14-21(3)16-26/h10-18H,6-9H2,1-5H3,(H,34,38)(H2,35,36,39)/b33-18+. The minimum Gasteiger partial charge on any atom is -0.322 e. The van der Waals surface area contributed by atoms with Gasteiger partial charge in [0.15, 0.2) is 0 Å². The van der Waals surface area contributed by atoms with Crippen LogP contribution in [0.15, 0.2) is 53.6 Å². The molecule has 2 heterocycles. The summed E-state index contributed by atoms with van der Waals surface area (Å²) in [5.41, 5.74) is 12.1. The zero-order valence-corrected chi connectivity index (χ0v) is 24.5. The number of nitrogens with zero attached hydrogens (tertiary/aromatic N) is 2. The second kappa shape index (κ2) is 11.5. The number of anilines is 2. The van der Waals surface area contributed by atoms with Crippen LogP contribution in [-0.4, -0.2) is 22.7 Å². The summed E-state index contributed by atoms with van der Waals surface area (Å²) >= 11 is 1.71. The van der Waals surface area contributed by atoms with Gasteiger partial charge in [0.2, 0.25) is 0 Å². The third-order valence-corrected chi connectivity index (χ3v) is 8.49. The molecule has 3 amide bonds. The van der Waals surface area contributed by atoms with Gasteiger partial charge < -0.3 is 15.2 Å². The molecule has 206 valence electrons. The van der Waals surface area contributed by atoms with Crippen LogP contribution in [0.5, 0.6) is 0 Å². The van der Waals surface area contributed by atoms with E-state index in [0.29, 0.717) is 0 Å². The molecule has 4 aromatic rings. The van der Waals surface area contributed by atoms with E-state index in [9.17, 15) is 9.59 Å². The summed E-state index contributed by atoms with van der Waals surface area (Å²) < 4.78 is 2.14. The highest BCUT2D eigenvalue weighted by atomic mass is 32.1. The summed E-state index contributed by atoms with van der Waals surface area (Å²) in [6, 6.07) is 15.4. The summed E-state index contributed by atoms with van der Waals surface area (Å²) in [5.74, 6) is -0.0781. The van der Waals surface area contributed by atoms with Crippen LogP contribution in [-0.2, 0) is 12.8 Å². The fraction of sp³-hybridized carbons (Fsp3) is 0.281. The predicted molar refractivity (Wildman–Crippen MR) is 165 cm³/mol. The molecule has 1 aliphatic carbocycles. The first-order valence-electron chi connectivity index (χ1n) is 13.6. The number of fused-ring (bicyclic) bond motifs is 1. The summed E-state index contributed by atoms with van der Waals surface area (Å²) in [6.07, 6.45) is 5.79. The van der Waals surface area contributed by atoms with E-state index >= 15 is 0 Å². The van der Waals surface area contributed by atoms with E-state index < -0.39 is 6.03 Å². The molecule has 1 aliphatic rings. The van der Waals surface area contributed by atoms with Crippen molar-refractivity contribution in [2.75, 3.05) is 10.6 Å². The fourth-order valence-corrected chi connectivity index (χ4v) is 6.87. The van der Waals surface area contributed by atoms with Gasteiger partial charge in [-0.15, -0.1) is 11.3 Å². The molecule has 0 spiro atoms. The van der Waals surface area contributed by atoms with Gasteiger partial charge in [0.05, 0.1) is 11.8 Å². The zero-order valence-electron chi connectivity index (χ0n) is 23.6. The van der Waals surface area contributed by atoms with Crippen LogP contribution in [0.3, 0.4) is 0 Å². The quantitative estimate of drug-likeness (QED) is 0.172. The molecule has 0 saturated carbocycles. The maximum atomic E-state index is 13.7. The lowest BCUT2D eigenvalue weighted by Crippen LogP contribution is -2.24. The minimum absolute atomic E-state index is 0.0781. The fourth-order valence-electron chi connectivity index (χ4n) is 5.37. The van der Waals surface area contributed by atoms with Gasteiger partial charge in [-0.25, -0.2) is 10.2 Å². The number of nitrogens with one attached hydrogen (secondary N) is 3. The number of urea groups is 1. The number of rotatable bonds is 6. The van der Waals surface area contributed by atoms with E-state index in [1.807, 2.05) is 77.1 Å². The monoisotopic (exact) mass is 553 g/mol. The Labute approximate surface area is 239 Å². The van der Waals surface area contributed by atoms with Crippen molar-refractivity contribution in [2.24, 2.45) is 5.10 Å². The maximum absolute atomic E-state index is 13.7. The van der Waals surface area contributed by atoms with Crippen LogP contribution in [0, 0.1) is 34.6 Å². The van der Waals surface area contributed by atoms with Gasteiger partial charge in [-0.1, -0.05) is 23.8 Å². The van der Waals surface area contributed by atoms with Crippen molar-refractivity contribution >= 4 is 40.9 Å². The van der Waals surface area contributed by atoms with Gasteiger partial charge in [-0.3, -0.25) is 4.79 Å². The largest absolute Gasteiger partial charge is 0.339 e. The van der Waals surface area contributed by atoms with Crippen molar-refractivity contribution < 1.29 is 9.59 Å². The second-order valence-electron chi connectivity index (χ2n) is 10.6. The molecule has 0 fully saturated rings. The van der Waals surface area contributed by atoms with E-state index in [4.69, 9.17) is 0 Å². The van der Waals surface area contributed by atoms with E-state index in [1.54, 1.807) is 17.6 Å². The van der Waals surface area contributed by atoms with Crippen LogP contribution < -0.4 is 16.1 Å². The van der Waals surface area contributed by atoms with Gasteiger partial charge in [0, 0.05) is 33.2 Å². The molecule has 40 heavy (non-hydrogen) atoms. The van der Waals surface area contributed by atoms with Crippen LogP contribution in [0.4, 0.5) is 16.2 Å². The maximum Gasteiger partial charge on any atom is 0.339 e. The van der Waals surface area contributed by atoms with Gasteiger partial charge in [-0.05, 0) is 107 Å². The first kappa shape index (κ1) is 27.4. The number of thiophene rings is 1. The summed E-state index contributed by atoms with van der Waals surface area (Å²) in [7, 11) is 0. The number of amides is 3. The highest BCUT2D eigenvalue weighted by Crippen LogP contribution is 2.39. The Morgan fingerprint density at radius 3 is 2.27 bits per heavy atom. The van der Waals surface area contributed by atoms with Gasteiger partial charge in [0.1, 0.15) is 5.00 Å². The predicted octanol–water partition coefficient (Wildman–Crippen LogP) is 7.37. The number of carbonyl (C=O) groups excluding carboxylic acids is 2. The second-order valence-corrected chi connectivity index (χ2v) is 11.7. The Morgan fingerprint density at radius 1 is 0.850 bits per heavy atom. The number of carbonyl (C=O) groups is 2. The molecule has 0 radical (unpaired) electrons. The van der Waals surface area contributed by atoms with Crippen LogP contribution in [0.2, 0.25) is 0 Å². The average Bonchev–Trinajstić information content (AvgIpc) is 3.40. The summed E-state index contributed by atoms with van der Waals surface area (Å²) in [5, 5.41) is 11.1. The van der Waals surface area contributed by atoms with Gasteiger partial charge in [0.25, 0.3) is 5.91 Å². The average molecular weight is 554 g/mol. The van der Waals surface area contributed by atoms with Crippen molar-refractivity contribution in [3.8, 4) is 5.00 Å². The van der Waals surface area contributed by atoms with E-state index in [0.717, 1.165) is 81.3 Å². The van der Waals surface area contributed by atoms with Crippen LogP contribution in [0.25, 0.3) is 5.00 Å². The molecule has 0 aliphatic heterocycles. The zero-order chi connectivity index (χ0) is 28.4. The number of hydrogen-bond donors (Lipinski definition) is 3. The first-order chi connectivity index (χ1) is 19.2. The molecule has 3 N–H and O–H groups in total. The minimum atomic E-state index is -0.406. The van der Waals surface area contributed by atoms with Gasteiger partial charge >= 0.3 is 6.03 Å². The molecule has 2 aromatic heterocycles. The van der Waals surface area contributed by atoms with Crippen molar-refractivity contribution in [3.63, 3.8) is 0 Å². The highest BCUT2D eigenvalue weighted by molar-refractivity contribution is 7.15. The molecular weight excluding hydrogens is 518 g/mol. The molecule has 7 nitrogen and oxygen atoms in total. The molecule has 0 unspecified atom stereocenters. The highest BCUT2D eigenvalue weighted by Gasteiger charge is 2.28. The third-order valence-electron chi connectivity index (χ3n) is 7.21. The molecule has 2 aromatic carbocycles. The number of aryl methyl sites for hydroxylation is 5. The molecule has 0 atom stereocenters. The molecular formula is C32H35N5O2S. The lowest BCUT2D eigenvalue weighted by molar-refractivity contribution is 0.102. The Kier molecular flexibility index (Phi) is 7.89. The number of hydrogen-bond acceptors (Lipinski definition) is 4. The Balaban J connectivity index is 1.40. The molecule has 0 bridgehead atoms. The molecule has 0 saturated heterocycles. The van der Waals surface area contributed by atoms with Crippen LogP contribution >= 0.6 is 11.3 Å². The molecule has 8 heteroatoms. The van der Waals surface area contributed by atoms with Crippen LogP contribution in [0.1, 0.15) is 67.3 Å². The number of hydrazone groups is 1. The third kappa shape index (κ3) is 5.87. The van der Waals surface area contributed by atoms with Gasteiger partial charge in [-0.2, -0.15) is 5.10 Å². The first-order valence-corrected chi connectivity index (χ1v) is 14.4. The topological polar surface area (TPSA) is 87.5 Å². The summed E-state index contributed by atoms with van der Waals surface area (Å²) in [4.78, 5) is 27.4. The SMILES string of the molecule is Cc1ccc(NC(=O)c2c(-n3c(C)cc(/C=N/NC(=O)Nc4cc(C)cc(C)c4)c3C)sc3c2CCCC3)cc1. The normalized spacial score (nSPS) is 12.8. The van der Waals surface area contributed by atoms with E-state index in [2.05, 4.69) is 31.8 Å². The Morgan fingerprint density at radius 2 is 1.55 bits per heavy atom. The Bertz CT molecular complexity index is 1590. The smallest absolute Gasteiger partial charge is 0.322 e. The van der Waals surface area contributed by atoms with E-state index in [1.165, 1.54) is 10.4 Å². The lowest BCUT2D eigenvalue weighted by atomic mass is 9.95. The number of aromatic nitrogens is 1. The lowest BCUT2D eigenvalue weighted by Gasteiger charge is -2.14. The summed E-state index contributed by atoms with van der Waals surface area (Å²) in [6.45, 7) is 10.1. The van der Waals surface area contributed by atoms with E-state index in [-0.39, 0.29) is 5.91 Å². The van der Waals surface area contributed by atoms with Crippen molar-refractivity contribution in [1.82, 2.24) is 9.99 Å². The Hall–Kier alpha value is -4.17.